The van der Waals surface area contributed by atoms with Gasteiger partial charge in [-0.3, -0.25) is 4.79 Å². The molecule has 3 aromatic rings. The summed E-state index contributed by atoms with van der Waals surface area (Å²) in [6.07, 6.45) is 0. The number of hydrogen-bond donors (Lipinski definition) is 1. The zero-order chi connectivity index (χ0) is 19.6. The average Bonchev–Trinajstić information content (AvgIpc) is 2.93. The Balaban J connectivity index is 1.74. The Bertz CT molecular complexity index is 983. The van der Waals surface area contributed by atoms with Crippen LogP contribution in [-0.2, 0) is 4.79 Å². The predicted octanol–water partition coefficient (Wildman–Crippen LogP) is 3.91. The molecule has 0 unspecified atom stereocenters. The van der Waals surface area contributed by atoms with Crippen LogP contribution in [0.15, 0.2) is 30.3 Å². The molecule has 27 heavy (non-hydrogen) atoms. The topological polar surface area (TPSA) is 81.9 Å². The quantitative estimate of drug-likeness (QED) is 0.695. The lowest BCUT2D eigenvalue weighted by molar-refractivity contribution is -0.118. The van der Waals surface area contributed by atoms with Crippen LogP contribution in [0.1, 0.15) is 17.1 Å². The highest BCUT2D eigenvalue weighted by atomic mass is 35.5. The third-order valence-electron chi connectivity index (χ3n) is 3.51. The van der Waals surface area contributed by atoms with E-state index in [1.807, 2.05) is 26.8 Å². The summed E-state index contributed by atoms with van der Waals surface area (Å²) in [5.74, 6) is 0.843. The fraction of sp³-hybridized carbons (Fsp3) is 0.222. The van der Waals surface area contributed by atoms with Gasteiger partial charge in [0.2, 0.25) is 0 Å². The zero-order valence-electron chi connectivity index (χ0n) is 15.0. The van der Waals surface area contributed by atoms with Crippen LogP contribution >= 0.6 is 23.2 Å². The van der Waals surface area contributed by atoms with Gasteiger partial charge in [0.1, 0.15) is 11.6 Å². The number of benzene rings is 1. The van der Waals surface area contributed by atoms with Gasteiger partial charge in [-0.1, -0.05) is 23.2 Å². The van der Waals surface area contributed by atoms with Crippen molar-refractivity contribution in [3.63, 3.8) is 0 Å². The lowest BCUT2D eigenvalue weighted by Crippen LogP contribution is -2.22. The summed E-state index contributed by atoms with van der Waals surface area (Å²) >= 11 is 11.9. The maximum Gasteiger partial charge on any atom is 0.263 e. The first-order valence-corrected chi connectivity index (χ1v) is 8.84. The Morgan fingerprint density at radius 1 is 1.07 bits per heavy atom. The van der Waals surface area contributed by atoms with Crippen molar-refractivity contribution < 1.29 is 9.53 Å². The number of carbonyl (C=O) groups is 1. The van der Waals surface area contributed by atoms with Crippen LogP contribution < -0.4 is 10.1 Å². The average molecular weight is 406 g/mol. The molecule has 0 radical (unpaired) electrons. The molecule has 9 heteroatoms. The van der Waals surface area contributed by atoms with E-state index in [4.69, 9.17) is 27.9 Å². The van der Waals surface area contributed by atoms with Crippen LogP contribution in [0.4, 0.5) is 5.82 Å². The van der Waals surface area contributed by atoms with Crippen LogP contribution in [0.25, 0.3) is 5.95 Å². The summed E-state index contributed by atoms with van der Waals surface area (Å²) in [5, 5.41) is 7.94. The standard InChI is InChI=1S/C18H17Cl2N5O2/c1-10-6-11(2)22-18(21-10)25-16(7-12(3)24-25)23-17(26)9-27-15-5-4-13(19)8-14(15)20/h4-8H,9H2,1-3H3,(H,23,26). The van der Waals surface area contributed by atoms with Gasteiger partial charge in [0.15, 0.2) is 6.61 Å². The Morgan fingerprint density at radius 2 is 1.78 bits per heavy atom. The van der Waals surface area contributed by atoms with Gasteiger partial charge in [-0.2, -0.15) is 9.78 Å². The van der Waals surface area contributed by atoms with Gasteiger partial charge in [0, 0.05) is 22.5 Å². The molecule has 2 heterocycles. The highest BCUT2D eigenvalue weighted by molar-refractivity contribution is 6.35. The minimum absolute atomic E-state index is 0.223. The Kier molecular flexibility index (Phi) is 5.62. The third kappa shape index (κ3) is 4.75. The van der Waals surface area contributed by atoms with Crippen LogP contribution in [0.2, 0.25) is 10.0 Å². The van der Waals surface area contributed by atoms with Crippen molar-refractivity contribution >= 4 is 34.9 Å². The van der Waals surface area contributed by atoms with Crippen LogP contribution in [0.5, 0.6) is 5.75 Å². The van der Waals surface area contributed by atoms with Crippen LogP contribution in [0.3, 0.4) is 0 Å². The molecule has 2 aromatic heterocycles. The summed E-state index contributed by atoms with van der Waals surface area (Å²) in [6, 6.07) is 8.38. The molecule has 1 amide bonds. The van der Waals surface area contributed by atoms with Crippen molar-refractivity contribution in [2.75, 3.05) is 11.9 Å². The number of rotatable bonds is 5. The number of nitrogens with one attached hydrogen (secondary N) is 1. The highest BCUT2D eigenvalue weighted by Crippen LogP contribution is 2.27. The third-order valence-corrected chi connectivity index (χ3v) is 4.04. The molecule has 7 nitrogen and oxygen atoms in total. The maximum absolute atomic E-state index is 12.3. The van der Waals surface area contributed by atoms with Gasteiger partial charge in [-0.25, -0.2) is 9.97 Å². The second-order valence-corrected chi connectivity index (χ2v) is 6.79. The molecule has 0 aliphatic carbocycles. The number of aromatic nitrogens is 4. The van der Waals surface area contributed by atoms with Gasteiger partial charge in [0.25, 0.3) is 11.9 Å². The number of aryl methyl sites for hydroxylation is 3. The molecule has 0 aliphatic heterocycles. The van der Waals surface area contributed by atoms with Crippen molar-refractivity contribution in [2.24, 2.45) is 0 Å². The molecule has 0 saturated carbocycles. The van der Waals surface area contributed by atoms with Crippen molar-refractivity contribution in [2.45, 2.75) is 20.8 Å². The Hall–Kier alpha value is -2.64. The van der Waals surface area contributed by atoms with E-state index in [1.54, 1.807) is 24.3 Å². The lowest BCUT2D eigenvalue weighted by Gasteiger charge is -2.10. The van der Waals surface area contributed by atoms with Gasteiger partial charge in [-0.15, -0.1) is 0 Å². The maximum atomic E-state index is 12.3. The minimum Gasteiger partial charge on any atom is -0.482 e. The van der Waals surface area contributed by atoms with E-state index in [0.29, 0.717) is 27.6 Å². The number of anilines is 1. The summed E-state index contributed by atoms with van der Waals surface area (Å²) in [7, 11) is 0. The Morgan fingerprint density at radius 3 is 2.44 bits per heavy atom. The fourth-order valence-corrected chi connectivity index (χ4v) is 2.92. The van der Waals surface area contributed by atoms with Gasteiger partial charge in [-0.05, 0) is 45.0 Å². The van der Waals surface area contributed by atoms with E-state index in [2.05, 4.69) is 20.4 Å². The van der Waals surface area contributed by atoms with E-state index in [-0.39, 0.29) is 12.5 Å². The van der Waals surface area contributed by atoms with E-state index < -0.39 is 0 Å². The van der Waals surface area contributed by atoms with Gasteiger partial charge >= 0.3 is 0 Å². The summed E-state index contributed by atoms with van der Waals surface area (Å²) in [4.78, 5) is 21.1. The molecule has 3 rings (SSSR count). The second kappa shape index (κ2) is 7.94. The van der Waals surface area contributed by atoms with Crippen LogP contribution in [0, 0.1) is 20.8 Å². The van der Waals surface area contributed by atoms with Crippen molar-refractivity contribution in [1.29, 1.82) is 0 Å². The fourth-order valence-electron chi connectivity index (χ4n) is 2.46. The van der Waals surface area contributed by atoms with Crippen molar-refractivity contribution in [3.05, 3.63) is 57.5 Å². The van der Waals surface area contributed by atoms with Gasteiger partial charge in [0.05, 0.1) is 10.7 Å². The van der Waals surface area contributed by atoms with E-state index in [9.17, 15) is 4.79 Å². The number of carbonyl (C=O) groups excluding carboxylic acids is 1. The molecular formula is C18H17Cl2N5O2. The predicted molar refractivity (Wildman–Crippen MR) is 104 cm³/mol. The second-order valence-electron chi connectivity index (χ2n) is 5.95. The minimum atomic E-state index is -0.369. The van der Waals surface area contributed by atoms with Crippen LogP contribution in [-0.4, -0.2) is 32.3 Å². The number of halogens is 2. The molecule has 0 bridgehead atoms. The van der Waals surface area contributed by atoms with E-state index in [1.165, 1.54) is 4.68 Å². The summed E-state index contributed by atoms with van der Waals surface area (Å²) in [5.41, 5.74) is 2.34. The molecule has 0 atom stereocenters. The van der Waals surface area contributed by atoms with Crippen molar-refractivity contribution in [1.82, 2.24) is 19.7 Å². The smallest absolute Gasteiger partial charge is 0.263 e. The number of amides is 1. The molecular weight excluding hydrogens is 389 g/mol. The first kappa shape index (κ1) is 19.1. The number of hydrogen-bond acceptors (Lipinski definition) is 5. The highest BCUT2D eigenvalue weighted by Gasteiger charge is 2.14. The molecule has 140 valence electrons. The normalized spacial score (nSPS) is 10.7. The number of nitrogens with zero attached hydrogens (tertiary/aromatic N) is 4. The SMILES string of the molecule is Cc1cc(C)nc(-n2nc(C)cc2NC(=O)COc2ccc(Cl)cc2Cl)n1. The molecule has 0 aliphatic rings. The molecule has 1 aromatic carbocycles. The molecule has 1 N–H and O–H groups in total. The monoisotopic (exact) mass is 405 g/mol. The largest absolute Gasteiger partial charge is 0.482 e. The molecule has 0 fully saturated rings. The van der Waals surface area contributed by atoms with E-state index >= 15 is 0 Å². The lowest BCUT2D eigenvalue weighted by atomic mass is 10.3. The Labute approximate surface area is 166 Å². The summed E-state index contributed by atoms with van der Waals surface area (Å²) < 4.78 is 6.94. The van der Waals surface area contributed by atoms with E-state index in [0.717, 1.165) is 17.1 Å². The van der Waals surface area contributed by atoms with Gasteiger partial charge < -0.3 is 10.1 Å². The zero-order valence-corrected chi connectivity index (χ0v) is 16.5. The first-order chi connectivity index (χ1) is 12.8. The first-order valence-electron chi connectivity index (χ1n) is 8.09. The summed E-state index contributed by atoms with van der Waals surface area (Å²) in [6.45, 7) is 5.34. The number of ether oxygens (including phenoxy) is 1. The van der Waals surface area contributed by atoms with Crippen molar-refractivity contribution in [3.8, 4) is 11.7 Å². The molecule has 0 spiro atoms. The molecule has 0 saturated heterocycles.